The number of imide groups is 1. The number of imidazole rings is 1. The van der Waals surface area contributed by atoms with E-state index in [0.29, 0.717) is 11.4 Å². The fourth-order valence-electron chi connectivity index (χ4n) is 1.32. The summed E-state index contributed by atoms with van der Waals surface area (Å²) in [6.07, 6.45) is 4.58. The molecular formula is C9H9N3O2. The predicted molar refractivity (Wildman–Crippen MR) is 47.9 cm³/mol. The van der Waals surface area contributed by atoms with Gasteiger partial charge in [0, 0.05) is 24.0 Å². The molecule has 1 aromatic heterocycles. The van der Waals surface area contributed by atoms with Crippen LogP contribution >= 0.6 is 0 Å². The summed E-state index contributed by atoms with van der Waals surface area (Å²) in [5.41, 5.74) is 0.474. The van der Waals surface area contributed by atoms with Gasteiger partial charge >= 0.3 is 0 Å². The fourth-order valence-corrected chi connectivity index (χ4v) is 1.32. The van der Waals surface area contributed by atoms with Crippen molar-refractivity contribution in [2.45, 2.75) is 13.5 Å². The highest BCUT2D eigenvalue weighted by Gasteiger charge is 2.28. The summed E-state index contributed by atoms with van der Waals surface area (Å²) in [7, 11) is 0. The molecule has 0 unspecified atom stereocenters. The highest BCUT2D eigenvalue weighted by molar-refractivity contribution is 6.15. The largest absolute Gasteiger partial charge is 0.347 e. The van der Waals surface area contributed by atoms with Crippen LogP contribution in [0.1, 0.15) is 12.7 Å². The van der Waals surface area contributed by atoms with E-state index < -0.39 is 0 Å². The molecule has 14 heavy (non-hydrogen) atoms. The molecular weight excluding hydrogens is 182 g/mol. The minimum absolute atomic E-state index is 0.207. The zero-order chi connectivity index (χ0) is 10.1. The van der Waals surface area contributed by atoms with Gasteiger partial charge in [0.05, 0.1) is 6.54 Å². The Labute approximate surface area is 80.4 Å². The fraction of sp³-hybridized carbons (Fsp3) is 0.222. The molecule has 1 aliphatic heterocycles. The van der Waals surface area contributed by atoms with Crippen LogP contribution in [0.4, 0.5) is 0 Å². The molecule has 0 atom stereocenters. The summed E-state index contributed by atoms with van der Waals surface area (Å²) in [5.74, 6) is 0.0881. The lowest BCUT2D eigenvalue weighted by atomic mass is 10.3. The normalized spacial score (nSPS) is 16.4. The Hall–Kier alpha value is -1.91. The molecule has 72 valence electrons. The number of nitrogens with one attached hydrogen (secondary N) is 1. The van der Waals surface area contributed by atoms with Crippen molar-refractivity contribution >= 4 is 11.8 Å². The molecule has 0 saturated heterocycles. The number of H-pyrrole nitrogens is 1. The van der Waals surface area contributed by atoms with Gasteiger partial charge < -0.3 is 4.98 Å². The smallest absolute Gasteiger partial charge is 0.256 e. The van der Waals surface area contributed by atoms with E-state index >= 15 is 0 Å². The molecule has 2 heterocycles. The van der Waals surface area contributed by atoms with Crippen LogP contribution in [0.5, 0.6) is 0 Å². The van der Waals surface area contributed by atoms with Gasteiger partial charge in [-0.1, -0.05) is 0 Å². The Morgan fingerprint density at radius 3 is 2.79 bits per heavy atom. The van der Waals surface area contributed by atoms with Crippen LogP contribution in [-0.2, 0) is 16.1 Å². The van der Waals surface area contributed by atoms with Gasteiger partial charge in [-0.05, 0) is 6.92 Å². The third-order valence-corrected chi connectivity index (χ3v) is 2.05. The molecule has 0 radical (unpaired) electrons. The monoisotopic (exact) mass is 191 g/mol. The van der Waals surface area contributed by atoms with Crippen LogP contribution in [0, 0.1) is 0 Å². The van der Waals surface area contributed by atoms with Gasteiger partial charge in [0.25, 0.3) is 11.8 Å². The van der Waals surface area contributed by atoms with Gasteiger partial charge in [0.15, 0.2) is 0 Å². The Bertz CT molecular complexity index is 406. The topological polar surface area (TPSA) is 66.1 Å². The maximum Gasteiger partial charge on any atom is 0.256 e. The highest BCUT2D eigenvalue weighted by atomic mass is 16.2. The average Bonchev–Trinajstić information content (AvgIpc) is 2.71. The Kier molecular flexibility index (Phi) is 1.92. The molecule has 0 bridgehead atoms. The molecule has 0 fully saturated rings. The van der Waals surface area contributed by atoms with E-state index in [1.54, 1.807) is 19.3 Å². The lowest BCUT2D eigenvalue weighted by Crippen LogP contribution is -2.30. The molecule has 0 aliphatic carbocycles. The first-order chi connectivity index (χ1) is 6.68. The SMILES string of the molecule is CC1=CC(=O)N(Cc2ncc[nH]2)C1=O. The predicted octanol–water partition coefficient (Wildman–Crippen LogP) is 0.225. The number of aromatic amines is 1. The first kappa shape index (κ1) is 8.68. The van der Waals surface area contributed by atoms with Crippen LogP contribution in [0.2, 0.25) is 0 Å². The van der Waals surface area contributed by atoms with E-state index in [1.165, 1.54) is 6.08 Å². The number of carbonyl (C=O) groups is 2. The minimum atomic E-state index is -0.274. The van der Waals surface area contributed by atoms with Crippen molar-refractivity contribution in [1.29, 1.82) is 0 Å². The third kappa shape index (κ3) is 1.32. The lowest BCUT2D eigenvalue weighted by molar-refractivity contribution is -0.138. The molecule has 1 aromatic rings. The van der Waals surface area contributed by atoms with Crippen molar-refractivity contribution in [3.63, 3.8) is 0 Å². The summed E-state index contributed by atoms with van der Waals surface area (Å²) in [6.45, 7) is 1.83. The van der Waals surface area contributed by atoms with Crippen molar-refractivity contribution in [1.82, 2.24) is 14.9 Å². The number of rotatable bonds is 2. The van der Waals surface area contributed by atoms with Gasteiger partial charge in [-0.15, -0.1) is 0 Å². The standard InChI is InChI=1S/C9H9N3O2/c1-6-4-8(13)12(9(6)14)5-7-10-2-3-11-7/h2-4H,5H2,1H3,(H,10,11). The first-order valence-electron chi connectivity index (χ1n) is 4.21. The first-order valence-corrected chi connectivity index (χ1v) is 4.21. The average molecular weight is 191 g/mol. The van der Waals surface area contributed by atoms with Gasteiger partial charge in [-0.3, -0.25) is 14.5 Å². The van der Waals surface area contributed by atoms with E-state index in [2.05, 4.69) is 9.97 Å². The van der Waals surface area contributed by atoms with Crippen molar-refractivity contribution in [2.24, 2.45) is 0 Å². The molecule has 2 rings (SSSR count). The summed E-state index contributed by atoms with van der Waals surface area (Å²) in [4.78, 5) is 30.7. The van der Waals surface area contributed by atoms with Crippen LogP contribution < -0.4 is 0 Å². The summed E-state index contributed by atoms with van der Waals surface area (Å²) >= 11 is 0. The zero-order valence-electron chi connectivity index (χ0n) is 7.65. The second-order valence-corrected chi connectivity index (χ2v) is 3.09. The quantitative estimate of drug-likeness (QED) is 0.680. The van der Waals surface area contributed by atoms with E-state index in [1.807, 2.05) is 0 Å². The van der Waals surface area contributed by atoms with Crippen LogP contribution in [0.3, 0.4) is 0 Å². The zero-order valence-corrected chi connectivity index (χ0v) is 7.65. The van der Waals surface area contributed by atoms with Gasteiger partial charge in [-0.25, -0.2) is 4.98 Å². The number of carbonyl (C=O) groups excluding carboxylic acids is 2. The van der Waals surface area contributed by atoms with Gasteiger partial charge in [0.2, 0.25) is 0 Å². The summed E-state index contributed by atoms with van der Waals surface area (Å²) in [6, 6.07) is 0. The van der Waals surface area contributed by atoms with Gasteiger partial charge in [0.1, 0.15) is 5.82 Å². The number of aromatic nitrogens is 2. The van der Waals surface area contributed by atoms with E-state index in [0.717, 1.165) is 4.90 Å². The number of hydrogen-bond donors (Lipinski definition) is 1. The van der Waals surface area contributed by atoms with Crippen LogP contribution in [0.15, 0.2) is 24.0 Å². The number of hydrogen-bond acceptors (Lipinski definition) is 3. The highest BCUT2D eigenvalue weighted by Crippen LogP contribution is 2.13. The maximum absolute atomic E-state index is 11.4. The third-order valence-electron chi connectivity index (χ3n) is 2.05. The van der Waals surface area contributed by atoms with E-state index in [4.69, 9.17) is 0 Å². The molecule has 1 N–H and O–H groups in total. The lowest BCUT2D eigenvalue weighted by Gasteiger charge is -2.11. The second kappa shape index (κ2) is 3.10. The minimum Gasteiger partial charge on any atom is -0.347 e. The number of amides is 2. The van der Waals surface area contributed by atoms with Gasteiger partial charge in [-0.2, -0.15) is 0 Å². The molecule has 5 heteroatoms. The van der Waals surface area contributed by atoms with Crippen molar-refractivity contribution in [3.8, 4) is 0 Å². The molecule has 0 aromatic carbocycles. The second-order valence-electron chi connectivity index (χ2n) is 3.09. The van der Waals surface area contributed by atoms with Crippen molar-refractivity contribution in [3.05, 3.63) is 29.9 Å². The summed E-state index contributed by atoms with van der Waals surface area (Å²) in [5, 5.41) is 0. The van der Waals surface area contributed by atoms with E-state index in [9.17, 15) is 9.59 Å². The number of nitrogens with zero attached hydrogens (tertiary/aromatic N) is 2. The molecule has 5 nitrogen and oxygen atoms in total. The van der Waals surface area contributed by atoms with Crippen molar-refractivity contribution < 1.29 is 9.59 Å². The molecule has 1 aliphatic rings. The van der Waals surface area contributed by atoms with E-state index in [-0.39, 0.29) is 18.4 Å². The molecule has 2 amide bonds. The maximum atomic E-state index is 11.4. The Morgan fingerprint density at radius 1 is 1.50 bits per heavy atom. The Balaban J connectivity index is 2.15. The molecule has 0 spiro atoms. The molecule has 0 saturated carbocycles. The van der Waals surface area contributed by atoms with Crippen LogP contribution in [0.25, 0.3) is 0 Å². The summed E-state index contributed by atoms with van der Waals surface area (Å²) < 4.78 is 0. The Morgan fingerprint density at radius 2 is 2.29 bits per heavy atom. The van der Waals surface area contributed by atoms with Crippen molar-refractivity contribution in [2.75, 3.05) is 0 Å². The van der Waals surface area contributed by atoms with Crippen LogP contribution in [-0.4, -0.2) is 26.7 Å².